The monoisotopic (exact) mass is 265 g/mol. The summed E-state index contributed by atoms with van der Waals surface area (Å²) in [5.41, 5.74) is 0.407. The number of hydrogen-bond donors (Lipinski definition) is 1. The SMILES string of the molecule is Fc1ccc(-c2noc(C3CCCCN3)n2)cc1F. The van der Waals surface area contributed by atoms with Crippen molar-refractivity contribution in [2.45, 2.75) is 25.3 Å². The third-order valence-corrected chi connectivity index (χ3v) is 3.23. The first kappa shape index (κ1) is 12.2. The Hall–Kier alpha value is -1.82. The maximum absolute atomic E-state index is 13.2. The number of benzene rings is 1. The molecule has 1 aromatic carbocycles. The van der Waals surface area contributed by atoms with Crippen LogP contribution in [0.3, 0.4) is 0 Å². The van der Waals surface area contributed by atoms with Gasteiger partial charge in [0.25, 0.3) is 0 Å². The Morgan fingerprint density at radius 1 is 1.21 bits per heavy atom. The summed E-state index contributed by atoms with van der Waals surface area (Å²) in [6.45, 7) is 0.924. The molecule has 1 fully saturated rings. The van der Waals surface area contributed by atoms with E-state index >= 15 is 0 Å². The highest BCUT2D eigenvalue weighted by Crippen LogP contribution is 2.24. The summed E-state index contributed by atoms with van der Waals surface area (Å²) < 4.78 is 31.2. The van der Waals surface area contributed by atoms with Gasteiger partial charge in [0.15, 0.2) is 11.6 Å². The fraction of sp³-hybridized carbons (Fsp3) is 0.385. The van der Waals surface area contributed by atoms with Gasteiger partial charge in [0, 0.05) is 5.56 Å². The molecular weight excluding hydrogens is 252 g/mol. The van der Waals surface area contributed by atoms with Crippen LogP contribution in [0.4, 0.5) is 8.78 Å². The predicted molar refractivity (Wildman–Crippen MR) is 64.2 cm³/mol. The van der Waals surface area contributed by atoms with Gasteiger partial charge in [0.2, 0.25) is 11.7 Å². The second-order valence-electron chi connectivity index (χ2n) is 4.59. The number of aromatic nitrogens is 2. The van der Waals surface area contributed by atoms with Crippen molar-refractivity contribution in [2.24, 2.45) is 0 Å². The van der Waals surface area contributed by atoms with E-state index in [0.29, 0.717) is 11.5 Å². The van der Waals surface area contributed by atoms with Crippen molar-refractivity contribution in [3.63, 3.8) is 0 Å². The number of nitrogens with zero attached hydrogens (tertiary/aromatic N) is 2. The Kier molecular flexibility index (Phi) is 3.25. The van der Waals surface area contributed by atoms with Gasteiger partial charge in [-0.2, -0.15) is 4.98 Å². The highest BCUT2D eigenvalue weighted by Gasteiger charge is 2.21. The van der Waals surface area contributed by atoms with E-state index in [9.17, 15) is 8.78 Å². The number of hydrogen-bond acceptors (Lipinski definition) is 4. The first-order chi connectivity index (χ1) is 9.24. The minimum Gasteiger partial charge on any atom is -0.337 e. The molecule has 1 unspecified atom stereocenters. The molecule has 100 valence electrons. The lowest BCUT2D eigenvalue weighted by Crippen LogP contribution is -2.26. The number of piperidine rings is 1. The molecule has 1 N–H and O–H groups in total. The fourth-order valence-corrected chi connectivity index (χ4v) is 2.19. The van der Waals surface area contributed by atoms with Crippen LogP contribution in [0.1, 0.15) is 31.2 Å². The number of rotatable bonds is 2. The average Bonchev–Trinajstić information content (AvgIpc) is 2.93. The molecule has 3 rings (SSSR count). The molecule has 0 radical (unpaired) electrons. The van der Waals surface area contributed by atoms with E-state index in [1.54, 1.807) is 0 Å². The van der Waals surface area contributed by atoms with Gasteiger partial charge in [-0.05, 0) is 37.6 Å². The molecule has 2 aromatic rings. The summed E-state index contributed by atoms with van der Waals surface area (Å²) in [5, 5.41) is 7.11. The third-order valence-electron chi connectivity index (χ3n) is 3.23. The van der Waals surface area contributed by atoms with Crippen LogP contribution in [-0.4, -0.2) is 16.7 Å². The van der Waals surface area contributed by atoms with Crippen LogP contribution in [0, 0.1) is 11.6 Å². The molecule has 4 nitrogen and oxygen atoms in total. The van der Waals surface area contributed by atoms with Crippen molar-refractivity contribution >= 4 is 0 Å². The second-order valence-corrected chi connectivity index (χ2v) is 4.59. The third kappa shape index (κ3) is 2.49. The minimum absolute atomic E-state index is 0.0558. The lowest BCUT2D eigenvalue weighted by atomic mass is 10.1. The van der Waals surface area contributed by atoms with Gasteiger partial charge < -0.3 is 9.84 Å². The van der Waals surface area contributed by atoms with Crippen LogP contribution < -0.4 is 5.32 Å². The van der Waals surface area contributed by atoms with Gasteiger partial charge in [-0.15, -0.1) is 0 Å². The van der Waals surface area contributed by atoms with Gasteiger partial charge in [0.05, 0.1) is 6.04 Å². The van der Waals surface area contributed by atoms with E-state index in [4.69, 9.17) is 4.52 Å². The zero-order chi connectivity index (χ0) is 13.2. The van der Waals surface area contributed by atoms with E-state index < -0.39 is 11.6 Å². The minimum atomic E-state index is -0.917. The van der Waals surface area contributed by atoms with Crippen molar-refractivity contribution in [3.8, 4) is 11.4 Å². The second kappa shape index (κ2) is 5.05. The van der Waals surface area contributed by atoms with E-state index in [-0.39, 0.29) is 11.9 Å². The first-order valence-corrected chi connectivity index (χ1v) is 6.26. The Bertz CT molecular complexity index is 579. The standard InChI is InChI=1S/C13H13F2N3O/c14-9-5-4-8(7-10(9)15)12-17-13(19-18-12)11-3-1-2-6-16-11/h4-5,7,11,16H,1-3,6H2. The molecule has 1 aliphatic heterocycles. The van der Waals surface area contributed by atoms with Gasteiger partial charge in [-0.25, -0.2) is 8.78 Å². The maximum Gasteiger partial charge on any atom is 0.244 e. The van der Waals surface area contributed by atoms with Crippen molar-refractivity contribution in [1.29, 1.82) is 0 Å². The van der Waals surface area contributed by atoms with Gasteiger partial charge >= 0.3 is 0 Å². The van der Waals surface area contributed by atoms with E-state index in [1.165, 1.54) is 6.07 Å². The highest BCUT2D eigenvalue weighted by atomic mass is 19.2. The molecule has 0 aliphatic carbocycles. The van der Waals surface area contributed by atoms with Gasteiger partial charge in [-0.1, -0.05) is 11.6 Å². The largest absolute Gasteiger partial charge is 0.337 e. The Labute approximate surface area is 108 Å². The van der Waals surface area contributed by atoms with Crippen LogP contribution in [0.15, 0.2) is 22.7 Å². The van der Waals surface area contributed by atoms with Crippen LogP contribution in [0.5, 0.6) is 0 Å². The molecule has 1 saturated heterocycles. The van der Waals surface area contributed by atoms with Crippen LogP contribution in [-0.2, 0) is 0 Å². The lowest BCUT2D eigenvalue weighted by Gasteiger charge is -2.19. The van der Waals surface area contributed by atoms with Gasteiger partial charge in [0.1, 0.15) is 0 Å². The van der Waals surface area contributed by atoms with Crippen LogP contribution in [0.2, 0.25) is 0 Å². The molecule has 0 amide bonds. The molecule has 0 saturated carbocycles. The van der Waals surface area contributed by atoms with Crippen LogP contribution >= 0.6 is 0 Å². The van der Waals surface area contributed by atoms with Crippen molar-refractivity contribution in [3.05, 3.63) is 35.7 Å². The van der Waals surface area contributed by atoms with Gasteiger partial charge in [-0.3, -0.25) is 0 Å². The Morgan fingerprint density at radius 3 is 2.84 bits per heavy atom. The smallest absolute Gasteiger partial charge is 0.244 e. The number of halogens is 2. The molecule has 1 atom stereocenters. The number of nitrogens with one attached hydrogen (secondary N) is 1. The summed E-state index contributed by atoms with van der Waals surface area (Å²) in [6.07, 6.45) is 3.20. The average molecular weight is 265 g/mol. The summed E-state index contributed by atoms with van der Waals surface area (Å²) >= 11 is 0. The molecule has 0 spiro atoms. The first-order valence-electron chi connectivity index (χ1n) is 6.26. The normalized spacial score (nSPS) is 19.6. The van der Waals surface area contributed by atoms with E-state index in [0.717, 1.165) is 37.9 Å². The zero-order valence-corrected chi connectivity index (χ0v) is 10.2. The molecular formula is C13H13F2N3O. The Morgan fingerprint density at radius 2 is 2.11 bits per heavy atom. The topological polar surface area (TPSA) is 51.0 Å². The van der Waals surface area contributed by atoms with Crippen molar-refractivity contribution in [1.82, 2.24) is 15.5 Å². The quantitative estimate of drug-likeness (QED) is 0.907. The Balaban J connectivity index is 1.85. The molecule has 0 bridgehead atoms. The van der Waals surface area contributed by atoms with E-state index in [1.807, 2.05) is 0 Å². The summed E-state index contributed by atoms with van der Waals surface area (Å²) in [7, 11) is 0. The summed E-state index contributed by atoms with van der Waals surface area (Å²) in [5.74, 6) is -1.03. The molecule has 1 aromatic heterocycles. The maximum atomic E-state index is 13.2. The zero-order valence-electron chi connectivity index (χ0n) is 10.2. The van der Waals surface area contributed by atoms with Crippen molar-refractivity contribution in [2.75, 3.05) is 6.54 Å². The molecule has 1 aliphatic rings. The summed E-state index contributed by atoms with van der Waals surface area (Å²) in [6, 6.07) is 3.61. The summed E-state index contributed by atoms with van der Waals surface area (Å²) in [4.78, 5) is 4.25. The van der Waals surface area contributed by atoms with Crippen LogP contribution in [0.25, 0.3) is 11.4 Å². The molecule has 2 heterocycles. The lowest BCUT2D eigenvalue weighted by molar-refractivity contribution is 0.297. The van der Waals surface area contributed by atoms with Crippen molar-refractivity contribution < 1.29 is 13.3 Å². The highest BCUT2D eigenvalue weighted by molar-refractivity contribution is 5.54. The van der Waals surface area contributed by atoms with E-state index in [2.05, 4.69) is 15.5 Å². The molecule has 6 heteroatoms. The predicted octanol–water partition coefficient (Wildman–Crippen LogP) is 2.83. The fourth-order valence-electron chi connectivity index (χ4n) is 2.19. The molecule has 19 heavy (non-hydrogen) atoms.